The summed E-state index contributed by atoms with van der Waals surface area (Å²) in [7, 11) is 0. The van der Waals surface area contributed by atoms with E-state index in [9.17, 15) is 10.1 Å². The van der Waals surface area contributed by atoms with Crippen LogP contribution in [0.25, 0.3) is 0 Å². The summed E-state index contributed by atoms with van der Waals surface area (Å²) >= 11 is 0. The fourth-order valence-electron chi connectivity index (χ4n) is 4.10. The fraction of sp³-hybridized carbons (Fsp3) is 0.310. The molecule has 0 fully saturated rings. The standard InChI is InChI=1S/C29H33NO2/c1-9-13-32-26-15-18(3)14-20(5)22(7)28(26)29(27(23(8)31)19(4)10-2)25-12-11-24(17-30)16-21(25)6/h10-12,14-16,29H,2-3,9,13H2,1,4-8H3/b27-19-/t29-/m1/s1. The Bertz CT molecular complexity index is 1120. The van der Waals surface area contributed by atoms with E-state index in [1.165, 1.54) is 0 Å². The van der Waals surface area contributed by atoms with Gasteiger partial charge in [0.15, 0.2) is 5.78 Å². The summed E-state index contributed by atoms with van der Waals surface area (Å²) in [5.41, 5.74) is 7.94. The molecule has 166 valence electrons. The maximum Gasteiger partial charge on any atom is 0.157 e. The first-order valence-electron chi connectivity index (χ1n) is 10.9. The van der Waals surface area contributed by atoms with Gasteiger partial charge in [-0.05, 0) is 92.7 Å². The highest BCUT2D eigenvalue weighted by Crippen LogP contribution is 2.44. The second kappa shape index (κ2) is 10.8. The molecule has 3 nitrogen and oxygen atoms in total. The van der Waals surface area contributed by atoms with E-state index >= 15 is 0 Å². The number of hydrogen-bond donors (Lipinski definition) is 0. The van der Waals surface area contributed by atoms with E-state index in [1.807, 2.05) is 38.1 Å². The summed E-state index contributed by atoms with van der Waals surface area (Å²) in [5, 5.41) is 9.36. The molecule has 0 radical (unpaired) electrons. The van der Waals surface area contributed by atoms with Gasteiger partial charge >= 0.3 is 0 Å². The van der Waals surface area contributed by atoms with Crippen molar-refractivity contribution in [2.24, 2.45) is 0 Å². The molecule has 0 saturated heterocycles. The van der Waals surface area contributed by atoms with Crippen LogP contribution in [-0.2, 0) is 9.53 Å². The van der Waals surface area contributed by atoms with Crippen molar-refractivity contribution >= 4 is 5.78 Å². The summed E-state index contributed by atoms with van der Waals surface area (Å²) in [5.74, 6) is 0.346. The number of rotatable bonds is 8. The Morgan fingerprint density at radius 3 is 2.44 bits per heavy atom. The Morgan fingerprint density at radius 2 is 1.91 bits per heavy atom. The molecule has 0 spiro atoms. The van der Waals surface area contributed by atoms with Crippen LogP contribution >= 0.6 is 0 Å². The Balaban J connectivity index is 2.99. The van der Waals surface area contributed by atoms with Crippen LogP contribution < -0.4 is 0 Å². The van der Waals surface area contributed by atoms with Gasteiger partial charge in [-0.15, -0.1) is 0 Å². The van der Waals surface area contributed by atoms with E-state index in [2.05, 4.69) is 40.0 Å². The predicted molar refractivity (Wildman–Crippen MR) is 132 cm³/mol. The third kappa shape index (κ3) is 5.26. The monoisotopic (exact) mass is 427 g/mol. The smallest absolute Gasteiger partial charge is 0.157 e. The second-order valence-corrected chi connectivity index (χ2v) is 8.27. The van der Waals surface area contributed by atoms with Crippen molar-refractivity contribution in [2.75, 3.05) is 6.61 Å². The van der Waals surface area contributed by atoms with Gasteiger partial charge in [0, 0.05) is 17.1 Å². The van der Waals surface area contributed by atoms with Gasteiger partial charge in [-0.1, -0.05) is 38.3 Å². The molecule has 3 heteroatoms. The lowest BCUT2D eigenvalue weighted by atomic mass is 9.76. The Kier molecular flexibility index (Phi) is 8.38. The van der Waals surface area contributed by atoms with Crippen LogP contribution in [0.15, 0.2) is 88.8 Å². The molecule has 0 bridgehead atoms. The summed E-state index contributed by atoms with van der Waals surface area (Å²) in [6.45, 7) is 20.3. The molecule has 32 heavy (non-hydrogen) atoms. The number of carbonyl (C=O) groups is 1. The van der Waals surface area contributed by atoms with Crippen molar-refractivity contribution in [1.29, 1.82) is 5.26 Å². The second-order valence-electron chi connectivity index (χ2n) is 8.27. The minimum Gasteiger partial charge on any atom is -0.493 e. The van der Waals surface area contributed by atoms with E-state index in [0.29, 0.717) is 17.7 Å². The van der Waals surface area contributed by atoms with Crippen molar-refractivity contribution in [1.82, 2.24) is 0 Å². The van der Waals surface area contributed by atoms with Gasteiger partial charge < -0.3 is 4.74 Å². The molecule has 0 N–H and O–H groups in total. The molecule has 0 unspecified atom stereocenters. The van der Waals surface area contributed by atoms with Gasteiger partial charge in [0.2, 0.25) is 0 Å². The zero-order valence-electron chi connectivity index (χ0n) is 20.1. The number of hydrogen-bond acceptors (Lipinski definition) is 3. The lowest BCUT2D eigenvalue weighted by molar-refractivity contribution is -0.113. The van der Waals surface area contributed by atoms with Gasteiger partial charge in [0.25, 0.3) is 0 Å². The van der Waals surface area contributed by atoms with E-state index in [4.69, 9.17) is 4.74 Å². The first-order valence-corrected chi connectivity index (χ1v) is 10.9. The molecular formula is C29H33NO2. The summed E-state index contributed by atoms with van der Waals surface area (Å²) < 4.78 is 6.24. The van der Waals surface area contributed by atoms with Gasteiger partial charge in [0.05, 0.1) is 18.2 Å². The average Bonchev–Trinajstić information content (AvgIpc) is 2.85. The number of carbonyl (C=O) groups excluding carboxylic acids is 1. The van der Waals surface area contributed by atoms with Gasteiger partial charge in [-0.2, -0.15) is 5.26 Å². The van der Waals surface area contributed by atoms with Crippen molar-refractivity contribution in [3.05, 3.63) is 105 Å². The maximum atomic E-state index is 13.0. The fourth-order valence-corrected chi connectivity index (χ4v) is 4.10. The maximum absolute atomic E-state index is 13.0. The zero-order chi connectivity index (χ0) is 24.0. The van der Waals surface area contributed by atoms with Gasteiger partial charge in [0.1, 0.15) is 5.76 Å². The number of aryl methyl sites for hydroxylation is 1. The van der Waals surface area contributed by atoms with Crippen molar-refractivity contribution in [2.45, 2.75) is 53.9 Å². The van der Waals surface area contributed by atoms with E-state index in [1.54, 1.807) is 19.1 Å². The molecule has 0 saturated carbocycles. The number of nitrogens with zero attached hydrogens (tertiary/aromatic N) is 1. The third-order valence-corrected chi connectivity index (χ3v) is 5.84. The normalized spacial score (nSPS) is 15.7. The lowest BCUT2D eigenvalue weighted by Crippen LogP contribution is -2.18. The molecule has 1 aromatic rings. The number of benzene rings is 1. The average molecular weight is 428 g/mol. The van der Waals surface area contributed by atoms with E-state index in [0.717, 1.165) is 51.2 Å². The predicted octanol–water partition coefficient (Wildman–Crippen LogP) is 7.18. The Morgan fingerprint density at radius 1 is 1.22 bits per heavy atom. The van der Waals surface area contributed by atoms with Crippen molar-refractivity contribution in [3.63, 3.8) is 0 Å². The Hall–Kier alpha value is -3.38. The molecule has 0 aromatic heterocycles. The number of Topliss-reactive ketones (excluding diaryl/α,β-unsaturated/α-hetero) is 1. The molecule has 0 amide bonds. The van der Waals surface area contributed by atoms with Crippen LogP contribution in [0, 0.1) is 18.3 Å². The number of nitriles is 1. The number of ketones is 1. The highest BCUT2D eigenvalue weighted by atomic mass is 16.5. The lowest BCUT2D eigenvalue weighted by Gasteiger charge is -2.29. The van der Waals surface area contributed by atoms with Crippen LogP contribution in [0.2, 0.25) is 0 Å². The first kappa shape index (κ1) is 24.9. The molecule has 1 atom stereocenters. The highest BCUT2D eigenvalue weighted by Gasteiger charge is 2.32. The minimum atomic E-state index is -0.365. The van der Waals surface area contributed by atoms with Gasteiger partial charge in [-0.25, -0.2) is 0 Å². The molecule has 1 aromatic carbocycles. The molecule has 1 aliphatic rings. The quantitative estimate of drug-likeness (QED) is 0.326. The molecular weight excluding hydrogens is 394 g/mol. The van der Waals surface area contributed by atoms with Crippen LogP contribution in [0.1, 0.15) is 63.6 Å². The van der Waals surface area contributed by atoms with Crippen LogP contribution in [0.3, 0.4) is 0 Å². The highest BCUT2D eigenvalue weighted by molar-refractivity contribution is 5.97. The molecule has 0 aliphatic heterocycles. The molecule has 1 aliphatic carbocycles. The van der Waals surface area contributed by atoms with E-state index < -0.39 is 0 Å². The topological polar surface area (TPSA) is 50.1 Å². The van der Waals surface area contributed by atoms with Crippen LogP contribution in [0.5, 0.6) is 0 Å². The van der Waals surface area contributed by atoms with Gasteiger partial charge in [-0.3, -0.25) is 4.79 Å². The molecule has 2 rings (SSSR count). The number of ether oxygens (including phenoxy) is 1. The molecule has 0 heterocycles. The summed E-state index contributed by atoms with van der Waals surface area (Å²) in [6.07, 6.45) is 6.59. The number of allylic oxidation sites excluding steroid dienone is 9. The van der Waals surface area contributed by atoms with Crippen LogP contribution in [-0.4, -0.2) is 12.4 Å². The minimum absolute atomic E-state index is 0.0176. The van der Waals surface area contributed by atoms with Crippen molar-refractivity contribution < 1.29 is 9.53 Å². The van der Waals surface area contributed by atoms with E-state index in [-0.39, 0.29) is 11.7 Å². The first-order chi connectivity index (χ1) is 15.2. The Labute approximate surface area is 192 Å². The third-order valence-electron chi connectivity index (χ3n) is 5.84. The summed E-state index contributed by atoms with van der Waals surface area (Å²) in [6, 6.07) is 7.83. The SMILES string of the molecule is C=C/C(C)=C(/C(C)=O)[C@H](C1=C(C)C(C)=CC(=C)C=C1OCCC)c1ccc(C#N)cc1C. The van der Waals surface area contributed by atoms with Crippen molar-refractivity contribution in [3.8, 4) is 6.07 Å². The summed E-state index contributed by atoms with van der Waals surface area (Å²) in [4.78, 5) is 13.0. The zero-order valence-corrected chi connectivity index (χ0v) is 20.1. The van der Waals surface area contributed by atoms with Crippen LogP contribution in [0.4, 0.5) is 0 Å². The largest absolute Gasteiger partial charge is 0.493 e.